The maximum Gasteiger partial charge on any atom is 0.391 e. The van der Waals surface area contributed by atoms with Crippen LogP contribution in [-0.2, 0) is 48.2 Å². The number of hydrogen-bond donors (Lipinski definition) is 0. The van der Waals surface area contributed by atoms with Crippen LogP contribution in [0.1, 0.15) is 87.5 Å². The molecular formula is C46H72O8S4Si4. The van der Waals surface area contributed by atoms with E-state index in [0.717, 1.165) is 38.5 Å². The number of rotatable bonds is 33. The van der Waals surface area contributed by atoms with Crippen LogP contribution in [0.2, 0.25) is 0 Å². The van der Waals surface area contributed by atoms with E-state index in [0.29, 0.717) is 38.3 Å². The second-order valence-corrected chi connectivity index (χ2v) is 45.7. The summed E-state index contributed by atoms with van der Waals surface area (Å²) >= 11 is 0. The summed E-state index contributed by atoms with van der Waals surface area (Å²) in [6.45, 7) is 8.96. The van der Waals surface area contributed by atoms with E-state index in [2.05, 4.69) is 149 Å². The summed E-state index contributed by atoms with van der Waals surface area (Å²) in [6, 6.07) is 42.9. The Kier molecular flexibility index (Phi) is 26.7. The van der Waals surface area contributed by atoms with Crippen LogP contribution < -0.4 is 0 Å². The lowest BCUT2D eigenvalue weighted by Crippen LogP contribution is -2.43. The Labute approximate surface area is 392 Å². The molecule has 0 saturated heterocycles. The molecule has 344 valence electrons. The lowest BCUT2D eigenvalue weighted by molar-refractivity contribution is 0.211. The van der Waals surface area contributed by atoms with Crippen molar-refractivity contribution in [1.82, 2.24) is 0 Å². The van der Waals surface area contributed by atoms with Crippen molar-refractivity contribution in [3.8, 4) is 0 Å². The van der Waals surface area contributed by atoms with Crippen LogP contribution in [0.15, 0.2) is 121 Å². The van der Waals surface area contributed by atoms with E-state index in [9.17, 15) is 0 Å². The van der Waals surface area contributed by atoms with Gasteiger partial charge in [-0.1, -0.05) is 153 Å². The average molecular weight is 994 g/mol. The Morgan fingerprint density at radius 2 is 0.855 bits per heavy atom. The minimum atomic E-state index is -2.61. The van der Waals surface area contributed by atoms with E-state index < -0.39 is 42.4 Å². The fraction of sp³-hybridized carbons (Fsp3) is 0.478. The van der Waals surface area contributed by atoms with Crippen molar-refractivity contribution < 1.29 is 35.4 Å². The van der Waals surface area contributed by atoms with Gasteiger partial charge >= 0.3 is 35.4 Å². The van der Waals surface area contributed by atoms with Gasteiger partial charge in [0.1, 0.15) is 0 Å². The van der Waals surface area contributed by atoms with Crippen molar-refractivity contribution in [2.45, 2.75) is 87.8 Å². The fourth-order valence-electron chi connectivity index (χ4n) is 7.06. The number of benzene rings is 4. The quantitative estimate of drug-likeness (QED) is 0.0338. The van der Waals surface area contributed by atoms with E-state index in [1.54, 1.807) is 28.4 Å². The van der Waals surface area contributed by atoms with E-state index in [-0.39, 0.29) is 9.75 Å². The van der Waals surface area contributed by atoms with Gasteiger partial charge in [0.05, 0.1) is 9.75 Å². The predicted octanol–water partition coefficient (Wildman–Crippen LogP) is 10.8. The molecular weight excluding hydrogens is 921 g/mol. The molecule has 0 aromatic heterocycles. The molecule has 0 aliphatic carbocycles. The fourth-order valence-corrected chi connectivity index (χ4v) is 55.2. The van der Waals surface area contributed by atoms with Gasteiger partial charge in [0.2, 0.25) is 0 Å². The van der Waals surface area contributed by atoms with Crippen molar-refractivity contribution in [1.29, 1.82) is 0 Å². The number of hydrogen-bond acceptors (Lipinski definition) is 11. The van der Waals surface area contributed by atoms with Gasteiger partial charge in [-0.05, 0) is 96.3 Å². The second kappa shape index (κ2) is 30.9. The monoisotopic (exact) mass is 992 g/mol. The maximum atomic E-state index is 7.31. The largest absolute Gasteiger partial charge is 0.399 e. The Balaban J connectivity index is 1.82. The van der Waals surface area contributed by atoms with Crippen LogP contribution >= 0.6 is 38.4 Å². The molecule has 0 aliphatic rings. The zero-order valence-corrected chi connectivity index (χ0v) is 46.0. The van der Waals surface area contributed by atoms with Gasteiger partial charge in [-0.15, -0.1) is 10.8 Å². The van der Waals surface area contributed by atoms with Crippen molar-refractivity contribution in [3.63, 3.8) is 0 Å². The molecule has 0 fully saturated rings. The predicted molar refractivity (Wildman–Crippen MR) is 278 cm³/mol. The molecule has 0 amide bonds. The van der Waals surface area contributed by atoms with Gasteiger partial charge in [-0.25, -0.2) is 0 Å². The third-order valence-corrected chi connectivity index (χ3v) is 51.5. The highest BCUT2D eigenvalue weighted by molar-refractivity contribution is 9.49. The molecule has 16 heteroatoms. The number of aryl methyl sites for hydroxylation is 2. The van der Waals surface area contributed by atoms with Crippen LogP contribution in [0.3, 0.4) is 0 Å². The van der Waals surface area contributed by atoms with E-state index in [4.69, 9.17) is 35.4 Å². The van der Waals surface area contributed by atoms with Crippen LogP contribution in [0.4, 0.5) is 0 Å². The summed E-state index contributed by atoms with van der Waals surface area (Å²) in [4.78, 5) is 0.200. The molecule has 0 radical (unpaired) electrons. The molecule has 6 atom stereocenters. The zero-order valence-electron chi connectivity index (χ0n) is 38.1. The Bertz CT molecular complexity index is 1650. The van der Waals surface area contributed by atoms with Crippen LogP contribution in [0.5, 0.6) is 0 Å². The minimum Gasteiger partial charge on any atom is -0.399 e. The molecule has 62 heavy (non-hydrogen) atoms. The van der Waals surface area contributed by atoms with Gasteiger partial charge in [0.25, 0.3) is 0 Å². The highest BCUT2D eigenvalue weighted by atomic mass is 33.8. The molecule has 4 aromatic carbocycles. The first-order chi connectivity index (χ1) is 30.3. The van der Waals surface area contributed by atoms with Gasteiger partial charge in [-0.3, -0.25) is 0 Å². The highest BCUT2D eigenvalue weighted by Crippen LogP contribution is 2.78. The van der Waals surface area contributed by atoms with E-state index in [1.807, 2.05) is 31.4 Å². The third-order valence-electron chi connectivity index (χ3n) is 10.7. The van der Waals surface area contributed by atoms with Gasteiger partial charge in [0, 0.05) is 54.9 Å². The summed E-state index contributed by atoms with van der Waals surface area (Å²) in [5.74, 6) is 0.661. The Hall–Kier alpha value is -1.17. The van der Waals surface area contributed by atoms with Crippen molar-refractivity contribution in [2.24, 2.45) is 0 Å². The van der Waals surface area contributed by atoms with Crippen LogP contribution in [-0.4, -0.2) is 100 Å². The lowest BCUT2D eigenvalue weighted by atomic mass is 9.99. The normalized spacial score (nSPS) is 16.4. The van der Waals surface area contributed by atoms with Gasteiger partial charge < -0.3 is 35.4 Å². The van der Waals surface area contributed by atoms with Crippen molar-refractivity contribution in [2.75, 3.05) is 54.9 Å². The Morgan fingerprint density at radius 1 is 0.484 bits per heavy atom. The highest BCUT2D eigenvalue weighted by Gasteiger charge is 2.54. The van der Waals surface area contributed by atoms with E-state index in [1.165, 1.54) is 22.3 Å². The summed E-state index contributed by atoms with van der Waals surface area (Å²) < 4.78 is 53.7. The maximum absolute atomic E-state index is 7.31. The summed E-state index contributed by atoms with van der Waals surface area (Å²) in [7, 11) is 3.46. The first kappa shape index (κ1) is 53.4. The first-order valence-electron chi connectivity index (χ1n) is 21.9. The minimum absolute atomic E-state index is 0.0681. The molecule has 0 spiro atoms. The SMILES string of the molecule is CCO[SiH](OCCC(C)c1ccccc1)S(SSC(CCc1ccccc1)[SiH](OC)OC)(SC(CCc1ccccc1)[SiH](OC)OC)[SiH](OCC)OCCC(C)c1ccccc1. The van der Waals surface area contributed by atoms with Crippen LogP contribution in [0, 0.1) is 0 Å². The zero-order chi connectivity index (χ0) is 44.4. The molecule has 0 aliphatic heterocycles. The molecule has 0 heterocycles. The van der Waals surface area contributed by atoms with Crippen LogP contribution in [0.25, 0.3) is 0 Å². The molecule has 8 nitrogen and oxygen atoms in total. The molecule has 0 N–H and O–H groups in total. The lowest BCUT2D eigenvalue weighted by Gasteiger charge is -2.47. The first-order valence-corrected chi connectivity index (χ1v) is 35.7. The molecule has 6 unspecified atom stereocenters. The average Bonchev–Trinajstić information content (AvgIpc) is 3.32. The second-order valence-electron chi connectivity index (χ2n) is 15.1. The molecule has 0 bridgehead atoms. The molecule has 4 rings (SSSR count). The van der Waals surface area contributed by atoms with Gasteiger partial charge in [0.15, 0.2) is 0 Å². The molecule has 0 saturated carbocycles. The third kappa shape index (κ3) is 17.6. The standard InChI is InChI=1S/C46H72O8S4Si4/c1-9-51-61(53-37-35-39(3)43-27-19-13-20-28-43)58(56-46(60(49-7)50-8)34-32-42-25-17-12-18-26-42,62(52-10-2)54-38-36-40(4)44-29-21-14-22-30-44)57-55-45(59(47-5)48-6)33-31-41-23-15-11-16-24-41/h11-30,39-40,45-46,59-62H,9-10,31-38H2,1-8H3. The smallest absolute Gasteiger partial charge is 0.391 e. The Morgan fingerprint density at radius 3 is 1.24 bits per heavy atom. The molecule has 4 aromatic rings. The van der Waals surface area contributed by atoms with E-state index >= 15 is 0 Å². The van der Waals surface area contributed by atoms with Gasteiger partial charge in [-0.2, -0.15) is 0 Å². The summed E-state index contributed by atoms with van der Waals surface area (Å²) in [5.41, 5.74) is 5.23. The topological polar surface area (TPSA) is 73.8 Å². The van der Waals surface area contributed by atoms with Crippen molar-refractivity contribution in [3.05, 3.63) is 144 Å². The van der Waals surface area contributed by atoms with Crippen molar-refractivity contribution >= 4 is 73.8 Å². The summed E-state index contributed by atoms with van der Waals surface area (Å²) in [6.07, 6.45) is 5.38. The summed E-state index contributed by atoms with van der Waals surface area (Å²) in [5, 5.41) is 0.